The van der Waals surface area contributed by atoms with Gasteiger partial charge in [0.05, 0.1) is 23.5 Å². The quantitative estimate of drug-likeness (QED) is 0.414. The van der Waals surface area contributed by atoms with Crippen molar-refractivity contribution < 1.29 is 27.1 Å². The highest BCUT2D eigenvalue weighted by atomic mass is 35.5. The molecule has 0 radical (unpaired) electrons. The number of piperazine rings is 1. The number of hydrogen-bond donors (Lipinski definition) is 0. The number of rotatable bonds is 5. The molecule has 1 aromatic carbocycles. The highest BCUT2D eigenvalue weighted by Crippen LogP contribution is 2.39. The van der Waals surface area contributed by atoms with Crippen molar-refractivity contribution in [1.82, 2.24) is 19.7 Å². The molecule has 1 saturated heterocycles. The van der Waals surface area contributed by atoms with Crippen molar-refractivity contribution >= 4 is 34.8 Å². The molecule has 3 heterocycles. The maximum Gasteiger partial charge on any atom is 0.436 e. The van der Waals surface area contributed by atoms with Crippen LogP contribution in [0.1, 0.15) is 12.6 Å². The fourth-order valence-corrected chi connectivity index (χ4v) is 4.73. The number of ether oxygens (including phenoxy) is 1. The van der Waals surface area contributed by atoms with Gasteiger partial charge < -0.3 is 14.5 Å². The number of halogens is 6. The van der Waals surface area contributed by atoms with Gasteiger partial charge in [-0.05, 0) is 25.1 Å². The Labute approximate surface area is 214 Å². The van der Waals surface area contributed by atoms with Gasteiger partial charge in [-0.1, -0.05) is 29.3 Å². The molecule has 4 rings (SSSR count). The smallest absolute Gasteiger partial charge is 0.436 e. The van der Waals surface area contributed by atoms with Crippen molar-refractivity contribution in [3.05, 3.63) is 58.1 Å². The van der Waals surface area contributed by atoms with Crippen molar-refractivity contribution in [2.75, 3.05) is 31.6 Å². The Morgan fingerprint density at radius 2 is 1.97 bits per heavy atom. The molecule has 1 amide bonds. The van der Waals surface area contributed by atoms with Gasteiger partial charge in [0, 0.05) is 37.9 Å². The van der Waals surface area contributed by atoms with E-state index in [9.17, 15) is 22.4 Å². The van der Waals surface area contributed by atoms with Crippen LogP contribution in [-0.2, 0) is 17.5 Å². The summed E-state index contributed by atoms with van der Waals surface area (Å²) in [6.45, 7) is 2.08. The maximum absolute atomic E-state index is 14.6. The highest BCUT2D eigenvalue weighted by Gasteiger charge is 2.40. The summed E-state index contributed by atoms with van der Waals surface area (Å²) in [7, 11) is 1.42. The van der Waals surface area contributed by atoms with E-state index in [-0.39, 0.29) is 41.2 Å². The third-order valence-electron chi connectivity index (χ3n) is 5.87. The van der Waals surface area contributed by atoms with Crippen LogP contribution in [0.3, 0.4) is 0 Å². The molecule has 7 nitrogen and oxygen atoms in total. The van der Waals surface area contributed by atoms with Crippen molar-refractivity contribution in [1.29, 1.82) is 0 Å². The normalized spacial score (nSPS) is 16.4. The summed E-state index contributed by atoms with van der Waals surface area (Å²) in [6.07, 6.45) is -3.40. The van der Waals surface area contributed by atoms with Crippen molar-refractivity contribution in [3.63, 3.8) is 0 Å². The first kappa shape index (κ1) is 26.0. The van der Waals surface area contributed by atoms with Gasteiger partial charge in [-0.2, -0.15) is 18.3 Å². The number of aromatic nitrogens is 3. The number of alkyl halides is 3. The third-order valence-corrected chi connectivity index (χ3v) is 6.52. The monoisotopic (exact) mass is 545 g/mol. The molecule has 1 atom stereocenters. The van der Waals surface area contributed by atoms with Crippen LogP contribution in [0.2, 0.25) is 10.0 Å². The van der Waals surface area contributed by atoms with Gasteiger partial charge >= 0.3 is 6.18 Å². The van der Waals surface area contributed by atoms with Crippen molar-refractivity contribution in [2.24, 2.45) is 0 Å². The molecule has 1 aliphatic heterocycles. The summed E-state index contributed by atoms with van der Waals surface area (Å²) in [6, 6.07) is 6.97. The van der Waals surface area contributed by atoms with Gasteiger partial charge in [-0.15, -0.1) is 0 Å². The van der Waals surface area contributed by atoms with E-state index in [0.717, 1.165) is 10.7 Å². The molecular formula is C23H21Cl2F4N5O2. The summed E-state index contributed by atoms with van der Waals surface area (Å²) >= 11 is 12.0. The van der Waals surface area contributed by atoms with Crippen LogP contribution in [0.15, 0.2) is 36.5 Å². The number of anilines is 1. The van der Waals surface area contributed by atoms with E-state index < -0.39 is 35.2 Å². The maximum atomic E-state index is 14.6. The first-order valence-corrected chi connectivity index (χ1v) is 11.6. The topological polar surface area (TPSA) is 63.5 Å². The number of nitrogens with zero attached hydrogens (tertiary/aromatic N) is 5. The fraction of sp³-hybridized carbons (Fsp3) is 0.348. The molecule has 0 spiro atoms. The molecule has 1 unspecified atom stereocenters. The molecule has 0 saturated carbocycles. The second-order valence-corrected chi connectivity index (χ2v) is 8.99. The van der Waals surface area contributed by atoms with Crippen LogP contribution in [0.25, 0.3) is 11.4 Å². The van der Waals surface area contributed by atoms with E-state index in [1.165, 1.54) is 30.3 Å². The zero-order valence-electron chi connectivity index (χ0n) is 19.2. The average Bonchev–Trinajstić information content (AvgIpc) is 3.15. The summed E-state index contributed by atoms with van der Waals surface area (Å²) in [5, 5.41) is 3.12. The van der Waals surface area contributed by atoms with E-state index in [1.807, 2.05) is 0 Å². The molecule has 0 bridgehead atoms. The van der Waals surface area contributed by atoms with E-state index >= 15 is 0 Å². The van der Waals surface area contributed by atoms with Crippen LogP contribution >= 0.6 is 23.2 Å². The molecule has 1 fully saturated rings. The first-order chi connectivity index (χ1) is 17.0. The van der Waals surface area contributed by atoms with Gasteiger partial charge in [0.25, 0.3) is 0 Å². The number of amides is 1. The minimum atomic E-state index is -4.81. The predicted octanol–water partition coefficient (Wildman–Crippen LogP) is 5.16. The van der Waals surface area contributed by atoms with Crippen LogP contribution in [0, 0.1) is 5.82 Å². The Balaban J connectivity index is 1.56. The number of pyridine rings is 1. The number of hydrogen-bond acceptors (Lipinski definition) is 5. The lowest BCUT2D eigenvalue weighted by Crippen LogP contribution is -2.55. The van der Waals surface area contributed by atoms with Gasteiger partial charge in [-0.25, -0.2) is 4.39 Å². The zero-order valence-corrected chi connectivity index (χ0v) is 20.7. The third kappa shape index (κ3) is 5.08. The van der Waals surface area contributed by atoms with Crippen LogP contribution in [0.5, 0.6) is 5.75 Å². The molecule has 36 heavy (non-hydrogen) atoms. The molecule has 1 aliphatic rings. The van der Waals surface area contributed by atoms with E-state index in [2.05, 4.69) is 10.1 Å². The van der Waals surface area contributed by atoms with Crippen molar-refractivity contribution in [3.8, 4) is 17.1 Å². The lowest BCUT2D eigenvalue weighted by Gasteiger charge is -2.41. The molecule has 2 aromatic heterocycles. The number of carbonyl (C=O) groups is 1. The van der Waals surface area contributed by atoms with Crippen LogP contribution in [-0.4, -0.2) is 58.4 Å². The lowest BCUT2D eigenvalue weighted by atomic mass is 10.1. The summed E-state index contributed by atoms with van der Waals surface area (Å²) < 4.78 is 61.2. The second-order valence-electron chi connectivity index (χ2n) is 8.20. The van der Waals surface area contributed by atoms with Gasteiger partial charge in [0.2, 0.25) is 5.91 Å². The second kappa shape index (κ2) is 10.1. The van der Waals surface area contributed by atoms with E-state index in [1.54, 1.807) is 24.0 Å². The average molecular weight is 546 g/mol. The standard InChI is InChI=1S/C23H21Cl2F4N5O2/c1-13-11-32(17-10-18(36-2)14(24)9-15(17)26)7-8-33(13)19(35)12-34-21(16-5-3-4-6-30-16)20(25)22(31-34)23(27,28)29/h3-6,9-10,13H,7-8,11-12H2,1-2H3. The summed E-state index contributed by atoms with van der Waals surface area (Å²) in [5.74, 6) is -0.669. The molecule has 13 heteroatoms. The van der Waals surface area contributed by atoms with Crippen molar-refractivity contribution in [2.45, 2.75) is 25.7 Å². The first-order valence-electron chi connectivity index (χ1n) is 10.8. The molecule has 3 aromatic rings. The number of methoxy groups -OCH3 is 1. The fourth-order valence-electron chi connectivity index (χ4n) is 4.17. The predicted molar refractivity (Wildman–Crippen MR) is 127 cm³/mol. The van der Waals surface area contributed by atoms with Gasteiger partial charge in [0.1, 0.15) is 28.8 Å². The molecular weight excluding hydrogens is 525 g/mol. The lowest BCUT2D eigenvalue weighted by molar-refractivity contribution is -0.142. The molecule has 192 valence electrons. The summed E-state index contributed by atoms with van der Waals surface area (Å²) in [4.78, 5) is 20.5. The minimum absolute atomic E-state index is 0.0976. The zero-order chi connectivity index (χ0) is 26.2. The Morgan fingerprint density at radius 3 is 2.58 bits per heavy atom. The Kier molecular flexibility index (Phi) is 7.33. The molecule has 0 aliphatic carbocycles. The summed E-state index contributed by atoms with van der Waals surface area (Å²) in [5.41, 5.74) is -0.952. The Hall–Kier alpha value is -3.05. The van der Waals surface area contributed by atoms with E-state index in [0.29, 0.717) is 12.3 Å². The van der Waals surface area contributed by atoms with Crippen LogP contribution in [0.4, 0.5) is 23.2 Å². The number of carbonyl (C=O) groups excluding carboxylic acids is 1. The van der Waals surface area contributed by atoms with Gasteiger partial charge in [0.15, 0.2) is 5.69 Å². The molecule has 0 N–H and O–H groups in total. The number of benzene rings is 1. The van der Waals surface area contributed by atoms with E-state index in [4.69, 9.17) is 27.9 Å². The Morgan fingerprint density at radius 1 is 1.22 bits per heavy atom. The minimum Gasteiger partial charge on any atom is -0.495 e. The SMILES string of the molecule is COc1cc(N2CCN(C(=O)Cn3nc(C(F)(F)F)c(Cl)c3-c3ccccn3)C(C)C2)c(F)cc1Cl. The Bertz CT molecular complexity index is 1270. The largest absolute Gasteiger partial charge is 0.495 e. The van der Waals surface area contributed by atoms with Crippen LogP contribution < -0.4 is 9.64 Å². The highest BCUT2D eigenvalue weighted by molar-refractivity contribution is 6.33. The van der Waals surface area contributed by atoms with Gasteiger partial charge in [-0.3, -0.25) is 14.5 Å².